The highest BCUT2D eigenvalue weighted by Crippen LogP contribution is 2.28. The maximum absolute atomic E-state index is 9.07. The van der Waals surface area contributed by atoms with E-state index in [1.807, 2.05) is 6.92 Å². The standard InChI is InChI=1S/C9H12O3/c1-2-5-12-7-3-4-8(10)9(11)6-7/h3-4,6,10-11H,2,5H2,1H3. The van der Waals surface area contributed by atoms with Gasteiger partial charge >= 0.3 is 0 Å². The number of benzene rings is 1. The van der Waals surface area contributed by atoms with Crippen LogP contribution in [0.4, 0.5) is 0 Å². The van der Waals surface area contributed by atoms with Crippen LogP contribution in [-0.2, 0) is 0 Å². The molecule has 0 aliphatic heterocycles. The average Bonchev–Trinajstić information content (AvgIpc) is 2.07. The Kier molecular flexibility index (Phi) is 2.80. The molecule has 0 saturated carbocycles. The number of ether oxygens (including phenoxy) is 1. The SMILES string of the molecule is CCCOc1ccc(O)c(O)c1. The number of rotatable bonds is 3. The predicted octanol–water partition coefficient (Wildman–Crippen LogP) is 1.89. The molecule has 3 heteroatoms. The molecule has 0 atom stereocenters. The summed E-state index contributed by atoms with van der Waals surface area (Å²) in [4.78, 5) is 0. The molecule has 0 aromatic heterocycles. The number of hydrogen-bond acceptors (Lipinski definition) is 3. The lowest BCUT2D eigenvalue weighted by atomic mass is 10.3. The predicted molar refractivity (Wildman–Crippen MR) is 45.6 cm³/mol. The number of aromatic hydroxyl groups is 2. The maximum atomic E-state index is 9.07. The zero-order valence-corrected chi connectivity index (χ0v) is 6.95. The highest BCUT2D eigenvalue weighted by molar-refractivity contribution is 5.43. The lowest BCUT2D eigenvalue weighted by Gasteiger charge is -2.04. The molecule has 0 amide bonds. The van der Waals surface area contributed by atoms with Crippen LogP contribution in [0.25, 0.3) is 0 Å². The van der Waals surface area contributed by atoms with Crippen LogP contribution in [0.3, 0.4) is 0 Å². The third kappa shape index (κ3) is 2.05. The average molecular weight is 168 g/mol. The van der Waals surface area contributed by atoms with Gasteiger partial charge in [-0.2, -0.15) is 0 Å². The summed E-state index contributed by atoms with van der Waals surface area (Å²) in [6.07, 6.45) is 0.918. The Morgan fingerprint density at radius 3 is 2.58 bits per heavy atom. The second-order valence-electron chi connectivity index (χ2n) is 2.50. The van der Waals surface area contributed by atoms with Crippen LogP contribution in [0, 0.1) is 0 Å². The summed E-state index contributed by atoms with van der Waals surface area (Å²) < 4.78 is 5.22. The van der Waals surface area contributed by atoms with Crippen molar-refractivity contribution in [3.8, 4) is 17.2 Å². The molecule has 1 rings (SSSR count). The molecule has 0 aliphatic carbocycles. The first-order valence-electron chi connectivity index (χ1n) is 3.89. The zero-order chi connectivity index (χ0) is 8.97. The molecule has 0 fully saturated rings. The van der Waals surface area contributed by atoms with Gasteiger partial charge in [-0.1, -0.05) is 6.92 Å². The second kappa shape index (κ2) is 3.85. The lowest BCUT2D eigenvalue weighted by molar-refractivity contribution is 0.313. The van der Waals surface area contributed by atoms with Crippen molar-refractivity contribution in [3.05, 3.63) is 18.2 Å². The van der Waals surface area contributed by atoms with Crippen LogP contribution in [0.1, 0.15) is 13.3 Å². The van der Waals surface area contributed by atoms with E-state index >= 15 is 0 Å². The molecule has 0 heterocycles. The number of phenols is 2. The van der Waals surface area contributed by atoms with E-state index < -0.39 is 0 Å². The molecule has 0 saturated heterocycles. The minimum absolute atomic E-state index is 0.126. The Hall–Kier alpha value is -1.38. The van der Waals surface area contributed by atoms with Crippen molar-refractivity contribution in [1.82, 2.24) is 0 Å². The van der Waals surface area contributed by atoms with Gasteiger partial charge in [0.2, 0.25) is 0 Å². The minimum Gasteiger partial charge on any atom is -0.504 e. The summed E-state index contributed by atoms with van der Waals surface area (Å²) in [5.41, 5.74) is 0. The van der Waals surface area contributed by atoms with Gasteiger partial charge in [0.05, 0.1) is 6.61 Å². The van der Waals surface area contributed by atoms with Gasteiger partial charge in [-0.15, -0.1) is 0 Å². The van der Waals surface area contributed by atoms with Gasteiger partial charge in [0, 0.05) is 6.07 Å². The molecular weight excluding hydrogens is 156 g/mol. The third-order valence-corrected chi connectivity index (χ3v) is 1.42. The molecule has 0 unspecified atom stereocenters. The van der Waals surface area contributed by atoms with Crippen molar-refractivity contribution < 1.29 is 14.9 Å². The monoisotopic (exact) mass is 168 g/mol. The van der Waals surface area contributed by atoms with Crippen molar-refractivity contribution in [2.75, 3.05) is 6.61 Å². The molecule has 0 bridgehead atoms. The third-order valence-electron chi connectivity index (χ3n) is 1.42. The summed E-state index contributed by atoms with van der Waals surface area (Å²) in [6.45, 7) is 2.62. The molecule has 0 spiro atoms. The van der Waals surface area contributed by atoms with Gasteiger partial charge < -0.3 is 14.9 Å². The highest BCUT2D eigenvalue weighted by atomic mass is 16.5. The quantitative estimate of drug-likeness (QED) is 0.677. The van der Waals surface area contributed by atoms with Gasteiger partial charge in [0.25, 0.3) is 0 Å². The van der Waals surface area contributed by atoms with Crippen LogP contribution in [0.5, 0.6) is 17.2 Å². The Balaban J connectivity index is 2.69. The minimum atomic E-state index is -0.149. The lowest BCUT2D eigenvalue weighted by Crippen LogP contribution is -1.94. The summed E-state index contributed by atoms with van der Waals surface area (Å²) in [7, 11) is 0. The van der Waals surface area contributed by atoms with Gasteiger partial charge in [0.15, 0.2) is 11.5 Å². The van der Waals surface area contributed by atoms with Gasteiger partial charge in [-0.25, -0.2) is 0 Å². The van der Waals surface area contributed by atoms with E-state index in [2.05, 4.69) is 0 Å². The van der Waals surface area contributed by atoms with Crippen LogP contribution in [-0.4, -0.2) is 16.8 Å². The Bertz CT molecular complexity index is 258. The van der Waals surface area contributed by atoms with Crippen LogP contribution in [0.15, 0.2) is 18.2 Å². The fourth-order valence-corrected chi connectivity index (χ4v) is 0.813. The van der Waals surface area contributed by atoms with Crippen molar-refractivity contribution in [3.63, 3.8) is 0 Å². The first-order chi connectivity index (χ1) is 5.74. The molecule has 0 aliphatic rings. The van der Waals surface area contributed by atoms with Crippen molar-refractivity contribution in [2.24, 2.45) is 0 Å². The number of phenolic OH excluding ortho intramolecular Hbond substituents is 2. The highest BCUT2D eigenvalue weighted by Gasteiger charge is 1.99. The van der Waals surface area contributed by atoms with Gasteiger partial charge in [-0.05, 0) is 18.6 Å². The summed E-state index contributed by atoms with van der Waals surface area (Å²) in [5.74, 6) is 0.301. The Morgan fingerprint density at radius 2 is 2.00 bits per heavy atom. The van der Waals surface area contributed by atoms with E-state index in [9.17, 15) is 0 Å². The van der Waals surface area contributed by atoms with Crippen LogP contribution >= 0.6 is 0 Å². The molecule has 1 aromatic carbocycles. The molecule has 2 N–H and O–H groups in total. The van der Waals surface area contributed by atoms with E-state index in [1.165, 1.54) is 12.1 Å². The molecule has 1 aromatic rings. The smallest absolute Gasteiger partial charge is 0.161 e. The first-order valence-corrected chi connectivity index (χ1v) is 3.89. The van der Waals surface area contributed by atoms with Gasteiger partial charge in [-0.3, -0.25) is 0 Å². The number of hydrogen-bond donors (Lipinski definition) is 2. The van der Waals surface area contributed by atoms with E-state index in [0.29, 0.717) is 12.4 Å². The maximum Gasteiger partial charge on any atom is 0.161 e. The second-order valence-corrected chi connectivity index (χ2v) is 2.50. The fraction of sp³-hybridized carbons (Fsp3) is 0.333. The molecule has 66 valence electrons. The molecule has 12 heavy (non-hydrogen) atoms. The van der Waals surface area contributed by atoms with Gasteiger partial charge in [0.1, 0.15) is 5.75 Å². The van der Waals surface area contributed by atoms with Crippen molar-refractivity contribution in [2.45, 2.75) is 13.3 Å². The van der Waals surface area contributed by atoms with E-state index in [-0.39, 0.29) is 11.5 Å². The normalized spacial score (nSPS) is 9.75. The van der Waals surface area contributed by atoms with E-state index in [0.717, 1.165) is 6.42 Å². The Labute approximate surface area is 71.2 Å². The van der Waals surface area contributed by atoms with E-state index in [1.54, 1.807) is 6.07 Å². The molecule has 3 nitrogen and oxygen atoms in total. The molecule has 0 radical (unpaired) electrons. The molecular formula is C9H12O3. The van der Waals surface area contributed by atoms with Crippen molar-refractivity contribution >= 4 is 0 Å². The summed E-state index contributed by atoms with van der Waals surface area (Å²) in [6, 6.07) is 4.41. The van der Waals surface area contributed by atoms with Crippen LogP contribution < -0.4 is 4.74 Å². The van der Waals surface area contributed by atoms with Crippen LogP contribution in [0.2, 0.25) is 0 Å². The topological polar surface area (TPSA) is 49.7 Å². The largest absolute Gasteiger partial charge is 0.504 e. The van der Waals surface area contributed by atoms with Crippen molar-refractivity contribution in [1.29, 1.82) is 0 Å². The van der Waals surface area contributed by atoms with E-state index in [4.69, 9.17) is 14.9 Å². The summed E-state index contributed by atoms with van der Waals surface area (Å²) in [5, 5.41) is 18.0. The fourth-order valence-electron chi connectivity index (χ4n) is 0.813. The zero-order valence-electron chi connectivity index (χ0n) is 6.95. The Morgan fingerprint density at radius 1 is 1.25 bits per heavy atom. The first kappa shape index (κ1) is 8.71. The summed E-state index contributed by atoms with van der Waals surface area (Å²) >= 11 is 0.